The van der Waals surface area contributed by atoms with Gasteiger partial charge >= 0.3 is 0 Å². The van der Waals surface area contributed by atoms with Crippen molar-refractivity contribution in [2.45, 2.75) is 20.4 Å². The molecular formula is C12H19NO. The number of hydrogen-bond acceptors (Lipinski definition) is 2. The molecule has 0 aliphatic heterocycles. The van der Waals surface area contributed by atoms with Crippen molar-refractivity contribution in [2.24, 2.45) is 5.92 Å². The van der Waals surface area contributed by atoms with Crippen molar-refractivity contribution in [1.82, 2.24) is 5.32 Å². The van der Waals surface area contributed by atoms with Gasteiger partial charge < -0.3 is 10.4 Å². The zero-order valence-corrected chi connectivity index (χ0v) is 8.96. The van der Waals surface area contributed by atoms with Crippen LogP contribution >= 0.6 is 0 Å². The van der Waals surface area contributed by atoms with Crippen LogP contribution in [0.4, 0.5) is 0 Å². The minimum atomic E-state index is 0.251. The molecule has 0 saturated heterocycles. The summed E-state index contributed by atoms with van der Waals surface area (Å²) in [7, 11) is 0. The Morgan fingerprint density at radius 2 is 2.07 bits per heavy atom. The second-order valence-electron chi connectivity index (χ2n) is 3.85. The molecule has 0 amide bonds. The van der Waals surface area contributed by atoms with Gasteiger partial charge in [-0.1, -0.05) is 31.2 Å². The van der Waals surface area contributed by atoms with E-state index in [4.69, 9.17) is 5.11 Å². The van der Waals surface area contributed by atoms with Crippen LogP contribution in [0.3, 0.4) is 0 Å². The van der Waals surface area contributed by atoms with Crippen molar-refractivity contribution in [3.05, 3.63) is 35.4 Å². The summed E-state index contributed by atoms with van der Waals surface area (Å²) in [6.45, 7) is 6.15. The summed E-state index contributed by atoms with van der Waals surface area (Å²) < 4.78 is 0. The molecule has 1 atom stereocenters. The quantitative estimate of drug-likeness (QED) is 0.746. The first-order valence-corrected chi connectivity index (χ1v) is 5.10. The molecule has 1 aromatic carbocycles. The fourth-order valence-corrected chi connectivity index (χ4v) is 1.33. The molecule has 1 unspecified atom stereocenters. The van der Waals surface area contributed by atoms with E-state index in [1.165, 1.54) is 11.1 Å². The molecule has 0 radical (unpaired) electrons. The van der Waals surface area contributed by atoms with Gasteiger partial charge in [0.2, 0.25) is 0 Å². The molecule has 2 N–H and O–H groups in total. The van der Waals surface area contributed by atoms with E-state index in [1.807, 2.05) is 6.92 Å². The molecule has 0 spiro atoms. The Labute approximate surface area is 86.0 Å². The number of benzene rings is 1. The van der Waals surface area contributed by atoms with Crippen molar-refractivity contribution < 1.29 is 5.11 Å². The van der Waals surface area contributed by atoms with Gasteiger partial charge in [-0.05, 0) is 24.0 Å². The predicted octanol–water partition coefficient (Wildman–Crippen LogP) is 1.71. The summed E-state index contributed by atoms with van der Waals surface area (Å²) in [5, 5.41) is 12.2. The highest BCUT2D eigenvalue weighted by Gasteiger charge is 2.00. The lowest BCUT2D eigenvalue weighted by Crippen LogP contribution is -2.23. The van der Waals surface area contributed by atoms with Crippen molar-refractivity contribution >= 4 is 0 Å². The van der Waals surface area contributed by atoms with Crippen molar-refractivity contribution in [3.63, 3.8) is 0 Å². The SMILES string of the molecule is Cc1ccccc1CNCC(C)CO. The average Bonchev–Trinajstić information content (AvgIpc) is 2.20. The Bertz CT molecular complexity index is 273. The fourth-order valence-electron chi connectivity index (χ4n) is 1.33. The van der Waals surface area contributed by atoms with Crippen LogP contribution in [-0.2, 0) is 6.54 Å². The molecule has 0 bridgehead atoms. The minimum Gasteiger partial charge on any atom is -0.396 e. The highest BCUT2D eigenvalue weighted by atomic mass is 16.3. The van der Waals surface area contributed by atoms with Crippen LogP contribution in [0.5, 0.6) is 0 Å². The van der Waals surface area contributed by atoms with E-state index in [0.29, 0.717) is 5.92 Å². The molecule has 1 rings (SSSR count). The van der Waals surface area contributed by atoms with E-state index >= 15 is 0 Å². The standard InChI is InChI=1S/C12H19NO/c1-10(9-14)7-13-8-12-6-4-3-5-11(12)2/h3-6,10,13-14H,7-9H2,1-2H3. The van der Waals surface area contributed by atoms with Gasteiger partial charge in [-0.2, -0.15) is 0 Å². The highest BCUT2D eigenvalue weighted by Crippen LogP contribution is 2.06. The normalized spacial score (nSPS) is 12.8. The first-order chi connectivity index (χ1) is 6.74. The largest absolute Gasteiger partial charge is 0.396 e. The van der Waals surface area contributed by atoms with E-state index in [2.05, 4.69) is 36.5 Å². The summed E-state index contributed by atoms with van der Waals surface area (Å²) >= 11 is 0. The Morgan fingerprint density at radius 3 is 2.71 bits per heavy atom. The van der Waals surface area contributed by atoms with Crippen LogP contribution in [0.1, 0.15) is 18.1 Å². The molecular weight excluding hydrogens is 174 g/mol. The van der Waals surface area contributed by atoms with Gasteiger partial charge in [0, 0.05) is 19.7 Å². The van der Waals surface area contributed by atoms with Crippen molar-refractivity contribution in [1.29, 1.82) is 0 Å². The molecule has 0 aromatic heterocycles. The molecule has 2 nitrogen and oxygen atoms in total. The number of hydrogen-bond donors (Lipinski definition) is 2. The first-order valence-electron chi connectivity index (χ1n) is 5.10. The monoisotopic (exact) mass is 193 g/mol. The van der Waals surface area contributed by atoms with E-state index in [-0.39, 0.29) is 6.61 Å². The first kappa shape index (κ1) is 11.2. The summed E-state index contributed by atoms with van der Waals surface area (Å²) in [6.07, 6.45) is 0. The third-order valence-electron chi connectivity index (χ3n) is 2.38. The molecule has 14 heavy (non-hydrogen) atoms. The van der Waals surface area contributed by atoms with Gasteiger partial charge in [0.15, 0.2) is 0 Å². The van der Waals surface area contributed by atoms with Gasteiger partial charge in [0.05, 0.1) is 0 Å². The van der Waals surface area contributed by atoms with Crippen molar-refractivity contribution in [3.8, 4) is 0 Å². The molecule has 0 saturated carbocycles. The highest BCUT2D eigenvalue weighted by molar-refractivity contribution is 5.25. The van der Waals surface area contributed by atoms with Crippen molar-refractivity contribution in [2.75, 3.05) is 13.2 Å². The second kappa shape index (κ2) is 5.78. The zero-order chi connectivity index (χ0) is 10.4. The van der Waals surface area contributed by atoms with Gasteiger partial charge in [-0.25, -0.2) is 0 Å². The fraction of sp³-hybridized carbons (Fsp3) is 0.500. The predicted molar refractivity (Wildman–Crippen MR) is 59.1 cm³/mol. The molecule has 0 aliphatic carbocycles. The molecule has 0 fully saturated rings. The van der Waals surface area contributed by atoms with E-state index in [9.17, 15) is 0 Å². The van der Waals surface area contributed by atoms with E-state index < -0.39 is 0 Å². The van der Waals surface area contributed by atoms with Crippen LogP contribution < -0.4 is 5.32 Å². The summed E-state index contributed by atoms with van der Waals surface area (Å²) in [5.41, 5.74) is 2.65. The zero-order valence-electron chi connectivity index (χ0n) is 8.96. The minimum absolute atomic E-state index is 0.251. The Balaban J connectivity index is 2.35. The molecule has 0 heterocycles. The van der Waals surface area contributed by atoms with Crippen LogP contribution in [0, 0.1) is 12.8 Å². The third kappa shape index (κ3) is 3.48. The number of aryl methyl sites for hydroxylation is 1. The lowest BCUT2D eigenvalue weighted by molar-refractivity contribution is 0.233. The lowest BCUT2D eigenvalue weighted by atomic mass is 10.1. The summed E-state index contributed by atoms with van der Waals surface area (Å²) in [5.74, 6) is 0.332. The van der Waals surface area contributed by atoms with Crippen LogP contribution in [0.25, 0.3) is 0 Å². The van der Waals surface area contributed by atoms with Gasteiger partial charge in [-0.3, -0.25) is 0 Å². The maximum atomic E-state index is 8.85. The van der Waals surface area contributed by atoms with Gasteiger partial charge in [-0.15, -0.1) is 0 Å². The smallest absolute Gasteiger partial charge is 0.0468 e. The molecule has 1 aromatic rings. The van der Waals surface area contributed by atoms with Gasteiger partial charge in [0.1, 0.15) is 0 Å². The maximum Gasteiger partial charge on any atom is 0.0468 e. The molecule has 0 aliphatic rings. The second-order valence-corrected chi connectivity index (χ2v) is 3.85. The lowest BCUT2D eigenvalue weighted by Gasteiger charge is -2.10. The van der Waals surface area contributed by atoms with E-state index in [0.717, 1.165) is 13.1 Å². The average molecular weight is 193 g/mol. The topological polar surface area (TPSA) is 32.3 Å². The number of rotatable bonds is 5. The summed E-state index contributed by atoms with van der Waals surface area (Å²) in [6, 6.07) is 8.35. The van der Waals surface area contributed by atoms with Crippen LogP contribution in [0.2, 0.25) is 0 Å². The summed E-state index contributed by atoms with van der Waals surface area (Å²) in [4.78, 5) is 0. The van der Waals surface area contributed by atoms with Gasteiger partial charge in [0.25, 0.3) is 0 Å². The molecule has 2 heteroatoms. The number of aliphatic hydroxyl groups excluding tert-OH is 1. The Morgan fingerprint density at radius 1 is 1.36 bits per heavy atom. The Kier molecular flexibility index (Phi) is 4.63. The van der Waals surface area contributed by atoms with E-state index in [1.54, 1.807) is 0 Å². The number of aliphatic hydroxyl groups is 1. The maximum absolute atomic E-state index is 8.85. The number of nitrogens with one attached hydrogen (secondary N) is 1. The van der Waals surface area contributed by atoms with Crippen LogP contribution in [-0.4, -0.2) is 18.3 Å². The van der Waals surface area contributed by atoms with Crippen LogP contribution in [0.15, 0.2) is 24.3 Å². The molecule has 78 valence electrons. The third-order valence-corrected chi connectivity index (χ3v) is 2.38. The Hall–Kier alpha value is -0.860.